The van der Waals surface area contributed by atoms with Crippen LogP contribution in [0.25, 0.3) is 10.8 Å². The Morgan fingerprint density at radius 2 is 1.21 bits per heavy atom. The van der Waals surface area contributed by atoms with Crippen molar-refractivity contribution in [2.45, 2.75) is 9.79 Å². The summed E-state index contributed by atoms with van der Waals surface area (Å²) in [4.78, 5) is 32.0. The minimum atomic E-state index is -5.51. The summed E-state index contributed by atoms with van der Waals surface area (Å²) < 4.78 is 72.7. The molecule has 0 unspecified atom stereocenters. The molecule has 0 aliphatic carbocycles. The van der Waals surface area contributed by atoms with Crippen LogP contribution in [0.3, 0.4) is 0 Å². The smallest absolute Gasteiger partial charge is 0.744 e. The van der Waals surface area contributed by atoms with Crippen molar-refractivity contribution in [3.8, 4) is 11.8 Å². The molecular weight excluding hydrogens is 835 g/mol. The van der Waals surface area contributed by atoms with Gasteiger partial charge in [0.25, 0.3) is 0 Å². The van der Waals surface area contributed by atoms with Crippen molar-refractivity contribution < 1.29 is 261 Å². The average Bonchev–Trinajstić information content (AvgIpc) is 2.99. The number of hydrogen-bond acceptors (Lipinski definition) is 19. The van der Waals surface area contributed by atoms with E-state index < -0.39 is 93.3 Å². The fourth-order valence-electron chi connectivity index (χ4n) is 4.31. The summed E-state index contributed by atoms with van der Waals surface area (Å²) in [5, 5.41) is 55.6. The van der Waals surface area contributed by atoms with Crippen LogP contribution < -0.4 is 226 Å². The number of aromatic hydroxyl groups is 2. The summed E-state index contributed by atoms with van der Waals surface area (Å²) in [7, 11) is -10.8. The van der Waals surface area contributed by atoms with Gasteiger partial charge in [-0.1, -0.05) is 36.4 Å². The number of phenolic OH excluding ortho intramolecular Hbond substituents is 1. The molecule has 0 aliphatic heterocycles. The van der Waals surface area contributed by atoms with E-state index in [1.54, 1.807) is 0 Å². The van der Waals surface area contributed by atoms with E-state index >= 15 is 0 Å². The molecule has 4 N–H and O–H groups in total. The number of fused-ring (bicyclic) bond motifs is 1. The van der Waals surface area contributed by atoms with Gasteiger partial charge in [-0.25, -0.2) is 16.8 Å². The molecule has 0 fully saturated rings. The Morgan fingerprint density at radius 3 is 1.77 bits per heavy atom. The number of nitrogens with zero attached hydrogens (tertiary/aromatic N) is 5. The number of rotatable bonds is 10. The van der Waals surface area contributed by atoms with Gasteiger partial charge in [-0.05, 0) is 35.7 Å². The van der Waals surface area contributed by atoms with Crippen LogP contribution >= 0.6 is 0 Å². The molecular formula is C27H15K4N7O12S2. The minimum Gasteiger partial charge on any atom is -0.744 e. The Bertz CT molecular complexity index is 2420. The number of phenols is 1. The van der Waals surface area contributed by atoms with Gasteiger partial charge in [0.1, 0.15) is 25.9 Å². The third kappa shape index (κ3) is 12.4. The second-order valence-electron chi connectivity index (χ2n) is 9.42. The largest absolute Gasteiger partial charge is 1.00 e. The number of para-hydroxylation sites is 1. The van der Waals surface area contributed by atoms with Crippen molar-refractivity contribution in [1.29, 1.82) is 0 Å². The molecule has 4 aromatic carbocycles. The van der Waals surface area contributed by atoms with Gasteiger partial charge in [-0.15, -0.1) is 10.2 Å². The number of carboxylic acids is 2. The predicted octanol–water partition coefficient (Wildman–Crippen LogP) is -11.1. The minimum absolute atomic E-state index is 0. The van der Waals surface area contributed by atoms with Gasteiger partial charge in [-0.3, -0.25) is 0 Å². The molecule has 0 aliphatic rings. The number of benzene rings is 4. The first-order valence-corrected chi connectivity index (χ1v) is 15.6. The Hall–Kier alpha value is 0.255. The van der Waals surface area contributed by atoms with Crippen molar-refractivity contribution in [1.82, 2.24) is 15.0 Å². The molecule has 0 radical (unpaired) electrons. The van der Waals surface area contributed by atoms with Gasteiger partial charge in [-0.2, -0.15) is 15.0 Å². The number of aromatic carboxylic acids is 2. The van der Waals surface area contributed by atoms with Crippen molar-refractivity contribution in [2.24, 2.45) is 10.2 Å². The number of carboxylic acid groups (broad SMARTS) is 2. The Labute approximate surface area is 464 Å². The van der Waals surface area contributed by atoms with E-state index in [2.05, 4.69) is 35.8 Å². The maximum Gasteiger partial charge on any atom is 1.00 e. The van der Waals surface area contributed by atoms with Crippen molar-refractivity contribution in [3.05, 3.63) is 77.9 Å². The summed E-state index contributed by atoms with van der Waals surface area (Å²) in [5.41, 5.74) is -2.76. The van der Waals surface area contributed by atoms with Crippen LogP contribution in [0.5, 0.6) is 11.8 Å². The van der Waals surface area contributed by atoms with Crippen LogP contribution in [0.15, 0.2) is 86.7 Å². The predicted molar refractivity (Wildman–Crippen MR) is 155 cm³/mol. The third-order valence-electron chi connectivity index (χ3n) is 6.33. The molecule has 0 amide bonds. The van der Waals surface area contributed by atoms with Gasteiger partial charge >= 0.3 is 212 Å². The molecule has 1 heterocycles. The number of hydrogen-bond donors (Lipinski definition) is 4. The van der Waals surface area contributed by atoms with Crippen molar-refractivity contribution in [3.63, 3.8) is 0 Å². The average molecular weight is 850 g/mol. The first-order chi connectivity index (χ1) is 22.5. The maximum absolute atomic E-state index is 12.2. The molecule has 0 bridgehead atoms. The van der Waals surface area contributed by atoms with Crippen molar-refractivity contribution in [2.75, 3.05) is 10.6 Å². The van der Waals surface area contributed by atoms with Gasteiger partial charge in [0.15, 0.2) is 5.75 Å². The van der Waals surface area contributed by atoms with E-state index in [4.69, 9.17) is 0 Å². The van der Waals surface area contributed by atoms with Crippen LogP contribution in [-0.2, 0) is 20.2 Å². The molecule has 52 heavy (non-hydrogen) atoms. The topological polar surface area (TPSA) is 323 Å². The van der Waals surface area contributed by atoms with Crippen LogP contribution in [0, 0.1) is 0 Å². The number of nitrogens with one attached hydrogen (secondary N) is 2. The Morgan fingerprint density at radius 1 is 0.673 bits per heavy atom. The quantitative estimate of drug-likeness (QED) is 0.0576. The number of carbonyl (C=O) groups excluding carboxylic acids is 2. The Balaban J connectivity index is 0.00000338. The van der Waals surface area contributed by atoms with Gasteiger partial charge in [0, 0.05) is 22.2 Å². The number of carbonyl (C=O) groups is 2. The fraction of sp³-hybridized carbons (Fsp3) is 0. The molecule has 246 valence electrons. The Kier molecular flexibility index (Phi) is 20.4. The number of azo groups is 1. The zero-order valence-electron chi connectivity index (χ0n) is 27.4. The third-order valence-corrected chi connectivity index (χ3v) is 7.99. The number of anilines is 4. The first-order valence-electron chi connectivity index (χ1n) is 12.8. The summed E-state index contributed by atoms with van der Waals surface area (Å²) in [6.45, 7) is 0. The summed E-state index contributed by atoms with van der Waals surface area (Å²) in [5.74, 6) is -5.42. The molecule has 5 aromatic rings. The van der Waals surface area contributed by atoms with Crippen molar-refractivity contribution >= 4 is 77.6 Å². The van der Waals surface area contributed by atoms with Gasteiger partial charge in [0.05, 0.1) is 33.1 Å². The molecule has 0 saturated heterocycles. The summed E-state index contributed by atoms with van der Waals surface area (Å²) >= 11 is 0. The van der Waals surface area contributed by atoms with E-state index in [1.807, 2.05) is 0 Å². The van der Waals surface area contributed by atoms with Crippen LogP contribution in [-0.4, -0.2) is 63.0 Å². The van der Waals surface area contributed by atoms with E-state index in [0.29, 0.717) is 18.2 Å². The summed E-state index contributed by atoms with van der Waals surface area (Å²) in [6, 6.07) is 11.3. The van der Waals surface area contributed by atoms with Crippen LogP contribution in [0.1, 0.15) is 20.7 Å². The SMILES string of the molecule is O=C([O-])c1ccccc1N=Nc1c(S(=O)(=O)[O-])cc2cc(S(=O)(=O)[O-])cc(Nc3nc(O)nc(Nc4ccccc4C(=O)[O-])n3)c2c1O.[K+].[K+].[K+].[K+]. The molecule has 0 spiro atoms. The molecule has 5 rings (SSSR count). The normalized spacial score (nSPS) is 11.0. The second-order valence-corrected chi connectivity index (χ2v) is 12.1. The van der Waals surface area contributed by atoms with Crippen LogP contribution in [0.2, 0.25) is 0 Å². The molecule has 19 nitrogen and oxygen atoms in total. The van der Waals surface area contributed by atoms with E-state index in [-0.39, 0.29) is 222 Å². The molecule has 25 heteroatoms. The molecule has 1 aromatic heterocycles. The number of aromatic nitrogens is 3. The van der Waals surface area contributed by atoms with E-state index in [0.717, 1.165) is 12.1 Å². The monoisotopic (exact) mass is 849 g/mol. The molecule has 0 atom stereocenters. The maximum atomic E-state index is 12.2. The zero-order valence-corrected chi connectivity index (χ0v) is 41.5. The first kappa shape index (κ1) is 50.3. The van der Waals surface area contributed by atoms with E-state index in [1.165, 1.54) is 36.4 Å². The van der Waals surface area contributed by atoms with Gasteiger partial charge < -0.3 is 49.8 Å². The second kappa shape index (κ2) is 21.1. The molecule has 0 saturated carbocycles. The van der Waals surface area contributed by atoms with Crippen LogP contribution in [0.4, 0.5) is 34.6 Å². The summed E-state index contributed by atoms with van der Waals surface area (Å²) in [6.07, 6.45) is 0. The van der Waals surface area contributed by atoms with E-state index in [9.17, 15) is 56.0 Å². The fourth-order valence-corrected chi connectivity index (χ4v) is 5.49. The van der Waals surface area contributed by atoms with Gasteiger partial charge in [0.2, 0.25) is 11.9 Å². The standard InChI is InChI=1S/C27H19N7O12S2.4K/c35-22-20-12(10-19(48(44,45)46)21(22)34-33-17-8-4-2-6-15(17)24(38)39)9-13(47(41,42)43)11-18(20)29-26-30-25(31-27(40)32-26)28-16-7-3-1-5-14(16)23(36)37;;;;/h1-11,35H,(H,36,37)(H,38,39)(H,41,42,43)(H,44,45,46)(H3,28,29,30,31,32,40);;;;/q;4*+1/p-4. The zero-order chi connectivity index (χ0) is 35.0.